The van der Waals surface area contributed by atoms with Gasteiger partial charge in [0.05, 0.1) is 5.60 Å². The minimum Gasteiger partial charge on any atom is -0.376 e. The van der Waals surface area contributed by atoms with E-state index in [9.17, 15) is 0 Å². The van der Waals surface area contributed by atoms with E-state index in [1.54, 1.807) is 0 Å². The number of hydrogen-bond acceptors (Lipinski definition) is 1. The maximum absolute atomic E-state index is 5.43. The van der Waals surface area contributed by atoms with Crippen molar-refractivity contribution in [1.29, 1.82) is 0 Å². The lowest BCUT2D eigenvalue weighted by molar-refractivity contribution is -0.0154. The van der Waals surface area contributed by atoms with Gasteiger partial charge in [-0.2, -0.15) is 0 Å². The Morgan fingerprint density at radius 2 is 2.00 bits per heavy atom. The molecule has 0 aromatic rings. The summed E-state index contributed by atoms with van der Waals surface area (Å²) in [6.45, 7) is 10.8. The first-order valence-corrected chi connectivity index (χ1v) is 3.55. The Morgan fingerprint density at radius 1 is 1.44 bits per heavy atom. The Balaban J connectivity index is 3.43. The standard InChI is InChI=1S/C8H17O/c1-5-7-8(3,4)9-6-2/h1,5-7H2,2-4H3. The van der Waals surface area contributed by atoms with Crippen molar-refractivity contribution < 1.29 is 4.74 Å². The molecule has 0 unspecified atom stereocenters. The van der Waals surface area contributed by atoms with Crippen LogP contribution < -0.4 is 0 Å². The summed E-state index contributed by atoms with van der Waals surface area (Å²) in [6, 6.07) is 0. The fourth-order valence-electron chi connectivity index (χ4n) is 0.889. The molecule has 0 bridgehead atoms. The van der Waals surface area contributed by atoms with Gasteiger partial charge >= 0.3 is 0 Å². The van der Waals surface area contributed by atoms with Gasteiger partial charge in [-0.3, -0.25) is 0 Å². The van der Waals surface area contributed by atoms with Gasteiger partial charge in [0.1, 0.15) is 0 Å². The zero-order chi connectivity index (χ0) is 7.33. The predicted molar refractivity (Wildman–Crippen MR) is 40.3 cm³/mol. The minimum atomic E-state index is 0.0382. The maximum Gasteiger partial charge on any atom is 0.0626 e. The van der Waals surface area contributed by atoms with Crippen LogP contribution in [0.15, 0.2) is 0 Å². The third-order valence-electron chi connectivity index (χ3n) is 1.31. The van der Waals surface area contributed by atoms with Crippen LogP contribution in [0.5, 0.6) is 0 Å². The van der Waals surface area contributed by atoms with Crippen LogP contribution >= 0.6 is 0 Å². The summed E-state index contributed by atoms with van der Waals surface area (Å²) >= 11 is 0. The lowest BCUT2D eigenvalue weighted by atomic mass is 10.0. The molecule has 0 atom stereocenters. The molecular weight excluding hydrogens is 112 g/mol. The molecule has 9 heavy (non-hydrogen) atoms. The highest BCUT2D eigenvalue weighted by Crippen LogP contribution is 2.15. The van der Waals surface area contributed by atoms with E-state index in [2.05, 4.69) is 20.8 Å². The van der Waals surface area contributed by atoms with Crippen LogP contribution in [0.25, 0.3) is 0 Å². The summed E-state index contributed by atoms with van der Waals surface area (Å²) < 4.78 is 5.43. The van der Waals surface area contributed by atoms with Crippen molar-refractivity contribution in [2.45, 2.75) is 39.2 Å². The Hall–Kier alpha value is -0.0400. The van der Waals surface area contributed by atoms with Crippen molar-refractivity contribution in [3.05, 3.63) is 6.92 Å². The van der Waals surface area contributed by atoms with E-state index in [4.69, 9.17) is 4.74 Å². The second kappa shape index (κ2) is 3.89. The Bertz CT molecular complexity index is 59.0. The van der Waals surface area contributed by atoms with Gasteiger partial charge < -0.3 is 4.74 Å². The predicted octanol–water partition coefficient (Wildman–Crippen LogP) is 2.42. The molecule has 0 spiro atoms. The van der Waals surface area contributed by atoms with Crippen molar-refractivity contribution in [3.63, 3.8) is 0 Å². The summed E-state index contributed by atoms with van der Waals surface area (Å²) in [5, 5.41) is 0. The third kappa shape index (κ3) is 4.46. The molecule has 0 heterocycles. The zero-order valence-corrected chi connectivity index (χ0v) is 6.74. The van der Waals surface area contributed by atoms with E-state index in [1.165, 1.54) is 0 Å². The lowest BCUT2D eigenvalue weighted by Crippen LogP contribution is -2.23. The van der Waals surface area contributed by atoms with Crippen LogP contribution in [0.2, 0.25) is 0 Å². The highest BCUT2D eigenvalue weighted by atomic mass is 16.5. The van der Waals surface area contributed by atoms with Crippen molar-refractivity contribution in [3.8, 4) is 0 Å². The summed E-state index contributed by atoms with van der Waals surface area (Å²) in [4.78, 5) is 0. The molecule has 0 aromatic carbocycles. The van der Waals surface area contributed by atoms with E-state index in [0.29, 0.717) is 0 Å². The summed E-state index contributed by atoms with van der Waals surface area (Å²) in [7, 11) is 0. The first-order valence-electron chi connectivity index (χ1n) is 3.55. The van der Waals surface area contributed by atoms with Gasteiger partial charge in [-0.1, -0.05) is 13.3 Å². The van der Waals surface area contributed by atoms with Crippen molar-refractivity contribution >= 4 is 0 Å². The van der Waals surface area contributed by atoms with Crippen LogP contribution in [-0.4, -0.2) is 12.2 Å². The highest BCUT2D eigenvalue weighted by molar-refractivity contribution is 4.67. The number of hydrogen-bond donors (Lipinski definition) is 0. The molecule has 0 aliphatic carbocycles. The molecule has 0 N–H and O–H groups in total. The molecule has 1 nitrogen and oxygen atoms in total. The quantitative estimate of drug-likeness (QED) is 0.566. The molecule has 1 heteroatoms. The maximum atomic E-state index is 5.43. The molecule has 0 aliphatic heterocycles. The summed E-state index contributed by atoms with van der Waals surface area (Å²) in [6.07, 6.45) is 1.99. The second-order valence-electron chi connectivity index (χ2n) is 2.80. The largest absolute Gasteiger partial charge is 0.376 e. The van der Waals surface area contributed by atoms with Crippen LogP contribution in [-0.2, 0) is 4.74 Å². The molecule has 0 fully saturated rings. The monoisotopic (exact) mass is 129 g/mol. The van der Waals surface area contributed by atoms with Gasteiger partial charge in [0.25, 0.3) is 0 Å². The average Bonchev–Trinajstić information content (AvgIpc) is 1.64. The van der Waals surface area contributed by atoms with E-state index in [0.717, 1.165) is 19.4 Å². The highest BCUT2D eigenvalue weighted by Gasteiger charge is 2.14. The molecule has 0 amide bonds. The number of ether oxygens (including phenoxy) is 1. The SMILES string of the molecule is [CH2]CCC(C)(C)OCC. The van der Waals surface area contributed by atoms with Crippen molar-refractivity contribution in [1.82, 2.24) is 0 Å². The van der Waals surface area contributed by atoms with Gasteiger partial charge in [-0.15, -0.1) is 0 Å². The summed E-state index contributed by atoms with van der Waals surface area (Å²) in [5.41, 5.74) is 0.0382. The fraction of sp³-hybridized carbons (Fsp3) is 0.875. The molecule has 0 saturated carbocycles. The topological polar surface area (TPSA) is 9.23 Å². The first kappa shape index (κ1) is 8.96. The lowest BCUT2D eigenvalue weighted by Gasteiger charge is -2.23. The first-order chi connectivity index (χ1) is 4.12. The molecule has 0 rings (SSSR count). The Labute approximate surface area is 58.4 Å². The molecule has 1 radical (unpaired) electrons. The van der Waals surface area contributed by atoms with E-state index in [-0.39, 0.29) is 5.60 Å². The zero-order valence-electron chi connectivity index (χ0n) is 6.74. The van der Waals surface area contributed by atoms with Crippen LogP contribution in [0.1, 0.15) is 33.6 Å². The Morgan fingerprint density at radius 3 is 2.33 bits per heavy atom. The van der Waals surface area contributed by atoms with Gasteiger partial charge in [-0.25, -0.2) is 0 Å². The van der Waals surface area contributed by atoms with Gasteiger partial charge in [0.15, 0.2) is 0 Å². The minimum absolute atomic E-state index is 0.0382. The van der Waals surface area contributed by atoms with Gasteiger partial charge in [-0.05, 0) is 27.2 Å². The molecular formula is C8H17O. The smallest absolute Gasteiger partial charge is 0.0626 e. The third-order valence-corrected chi connectivity index (χ3v) is 1.31. The fourth-order valence-corrected chi connectivity index (χ4v) is 0.889. The molecule has 0 saturated heterocycles. The van der Waals surface area contributed by atoms with Crippen LogP contribution in [0, 0.1) is 6.92 Å². The average molecular weight is 129 g/mol. The van der Waals surface area contributed by atoms with Crippen molar-refractivity contribution in [2.24, 2.45) is 0 Å². The second-order valence-corrected chi connectivity index (χ2v) is 2.80. The normalized spacial score (nSPS) is 12.0. The van der Waals surface area contributed by atoms with E-state index < -0.39 is 0 Å². The van der Waals surface area contributed by atoms with Crippen molar-refractivity contribution in [2.75, 3.05) is 6.61 Å². The van der Waals surface area contributed by atoms with Crippen LogP contribution in [0.3, 0.4) is 0 Å². The van der Waals surface area contributed by atoms with Gasteiger partial charge in [0, 0.05) is 6.61 Å². The van der Waals surface area contributed by atoms with E-state index in [1.807, 2.05) is 6.92 Å². The molecule has 0 aliphatic rings. The Kier molecular flexibility index (Phi) is 3.87. The van der Waals surface area contributed by atoms with Crippen LogP contribution in [0.4, 0.5) is 0 Å². The summed E-state index contributed by atoms with van der Waals surface area (Å²) in [5.74, 6) is 0. The molecule has 55 valence electrons. The molecule has 0 aromatic heterocycles. The van der Waals surface area contributed by atoms with Gasteiger partial charge in [0.2, 0.25) is 0 Å². The number of rotatable bonds is 4. The van der Waals surface area contributed by atoms with E-state index >= 15 is 0 Å².